The Morgan fingerprint density at radius 2 is 2.24 bits per heavy atom. The molecule has 2 rings (SSSR count). The number of piperidine rings is 1. The van der Waals surface area contributed by atoms with Crippen molar-refractivity contribution >= 4 is 11.6 Å². The minimum absolute atomic E-state index is 0.000517. The van der Waals surface area contributed by atoms with Gasteiger partial charge in [0.05, 0.1) is 0 Å². The molecule has 0 bridgehead atoms. The lowest BCUT2D eigenvalue weighted by Gasteiger charge is -2.24. The van der Waals surface area contributed by atoms with Crippen molar-refractivity contribution in [1.82, 2.24) is 15.2 Å². The molecule has 1 amide bonds. The molecule has 5 nitrogen and oxygen atoms in total. The summed E-state index contributed by atoms with van der Waals surface area (Å²) in [6.07, 6.45) is 5.48. The van der Waals surface area contributed by atoms with Crippen LogP contribution in [0, 0.1) is 0 Å². The molecule has 2 N–H and O–H groups in total. The summed E-state index contributed by atoms with van der Waals surface area (Å²) in [4.78, 5) is 18.3. The van der Waals surface area contributed by atoms with Crippen molar-refractivity contribution in [3.8, 4) is 0 Å². The molecular weight excluding hydrogens is 264 g/mol. The number of hydrogen-bond donors (Lipinski definition) is 2. The van der Waals surface area contributed by atoms with Crippen molar-refractivity contribution in [3.63, 3.8) is 0 Å². The van der Waals surface area contributed by atoms with Crippen molar-refractivity contribution in [3.05, 3.63) is 24.0 Å². The van der Waals surface area contributed by atoms with Gasteiger partial charge in [-0.1, -0.05) is 6.42 Å². The summed E-state index contributed by atoms with van der Waals surface area (Å²) in [6.45, 7) is 7.38. The van der Waals surface area contributed by atoms with Crippen LogP contribution in [0.15, 0.2) is 18.3 Å². The first-order chi connectivity index (χ1) is 10.2. The van der Waals surface area contributed by atoms with Crippen LogP contribution in [-0.4, -0.2) is 48.0 Å². The summed E-state index contributed by atoms with van der Waals surface area (Å²) >= 11 is 0. The van der Waals surface area contributed by atoms with E-state index in [-0.39, 0.29) is 5.91 Å². The van der Waals surface area contributed by atoms with Crippen LogP contribution in [0.2, 0.25) is 0 Å². The molecule has 1 atom stereocenters. The average molecular weight is 290 g/mol. The second-order valence-electron chi connectivity index (χ2n) is 5.43. The Balaban J connectivity index is 1.95. The summed E-state index contributed by atoms with van der Waals surface area (Å²) in [5.74, 6) is -0.000517. The van der Waals surface area contributed by atoms with E-state index in [1.54, 1.807) is 11.1 Å². The second-order valence-corrected chi connectivity index (χ2v) is 5.43. The van der Waals surface area contributed by atoms with Gasteiger partial charge in [0.15, 0.2) is 0 Å². The first-order valence-corrected chi connectivity index (χ1v) is 7.97. The van der Waals surface area contributed by atoms with Crippen LogP contribution >= 0.6 is 0 Å². The largest absolute Gasteiger partial charge is 0.383 e. The lowest BCUT2D eigenvalue weighted by atomic mass is 10.1. The Hall–Kier alpha value is -1.62. The maximum atomic E-state index is 12.3. The Bertz CT molecular complexity index is 453. The number of amides is 1. The van der Waals surface area contributed by atoms with Gasteiger partial charge in [-0.2, -0.15) is 0 Å². The number of pyridine rings is 1. The summed E-state index contributed by atoms with van der Waals surface area (Å²) in [7, 11) is 0. The van der Waals surface area contributed by atoms with Crippen molar-refractivity contribution in [2.24, 2.45) is 0 Å². The monoisotopic (exact) mass is 290 g/mol. The fraction of sp³-hybridized carbons (Fsp3) is 0.625. The summed E-state index contributed by atoms with van der Waals surface area (Å²) in [5.41, 5.74) is 1.48. The molecule has 21 heavy (non-hydrogen) atoms. The van der Waals surface area contributed by atoms with Gasteiger partial charge < -0.3 is 15.5 Å². The van der Waals surface area contributed by atoms with Crippen molar-refractivity contribution in [2.45, 2.75) is 39.2 Å². The van der Waals surface area contributed by atoms with Crippen LogP contribution in [0.3, 0.4) is 0 Å². The molecule has 116 valence electrons. The molecule has 0 saturated carbocycles. The van der Waals surface area contributed by atoms with Gasteiger partial charge in [-0.05, 0) is 45.4 Å². The number of carbonyl (C=O) groups excluding carboxylic acids is 1. The topological polar surface area (TPSA) is 57.3 Å². The van der Waals surface area contributed by atoms with Crippen LogP contribution in [0.5, 0.6) is 0 Å². The van der Waals surface area contributed by atoms with Gasteiger partial charge in [0.2, 0.25) is 0 Å². The molecule has 1 aromatic rings. The Morgan fingerprint density at radius 3 is 2.90 bits per heavy atom. The quantitative estimate of drug-likeness (QED) is 0.842. The average Bonchev–Trinajstić information content (AvgIpc) is 2.55. The highest BCUT2D eigenvalue weighted by atomic mass is 16.2. The minimum Gasteiger partial charge on any atom is -0.383 e. The zero-order valence-electron chi connectivity index (χ0n) is 13.1. The van der Waals surface area contributed by atoms with E-state index < -0.39 is 0 Å². The van der Waals surface area contributed by atoms with Crippen LogP contribution in [-0.2, 0) is 0 Å². The fourth-order valence-electron chi connectivity index (χ4n) is 2.67. The number of nitrogens with one attached hydrogen (secondary N) is 2. The third kappa shape index (κ3) is 4.43. The SMILES string of the molecule is CCN(CC)C(=O)c1cc(NCC2CCCCN2)ccn1. The minimum atomic E-state index is -0.000517. The van der Waals surface area contributed by atoms with Crippen molar-refractivity contribution in [2.75, 3.05) is 31.5 Å². The standard InChI is InChI=1S/C16H26N4O/c1-3-20(4-2)16(21)15-11-13(8-10-18-15)19-12-14-7-5-6-9-17-14/h8,10-11,14,17H,3-7,9,12H2,1-2H3,(H,18,19). The summed E-state index contributed by atoms with van der Waals surface area (Å²) < 4.78 is 0. The van der Waals surface area contributed by atoms with E-state index in [4.69, 9.17) is 0 Å². The molecule has 1 aliphatic rings. The maximum Gasteiger partial charge on any atom is 0.272 e. The van der Waals surface area contributed by atoms with Crippen LogP contribution in [0.4, 0.5) is 5.69 Å². The summed E-state index contributed by atoms with van der Waals surface area (Å²) in [5, 5.41) is 6.92. The van der Waals surface area contributed by atoms with E-state index in [0.29, 0.717) is 24.8 Å². The van der Waals surface area contributed by atoms with Gasteiger partial charge >= 0.3 is 0 Å². The highest BCUT2D eigenvalue weighted by molar-refractivity contribution is 5.93. The van der Waals surface area contributed by atoms with E-state index in [2.05, 4.69) is 15.6 Å². The van der Waals surface area contributed by atoms with E-state index >= 15 is 0 Å². The van der Waals surface area contributed by atoms with Gasteiger partial charge in [-0.25, -0.2) is 0 Å². The first kappa shape index (κ1) is 15.8. The molecule has 1 saturated heterocycles. The van der Waals surface area contributed by atoms with Gasteiger partial charge in [-0.3, -0.25) is 9.78 Å². The molecule has 0 aromatic carbocycles. The Labute approximate surface area is 127 Å². The number of hydrogen-bond acceptors (Lipinski definition) is 4. The van der Waals surface area contributed by atoms with Crippen molar-refractivity contribution in [1.29, 1.82) is 0 Å². The number of aromatic nitrogens is 1. The molecule has 1 fully saturated rings. The smallest absolute Gasteiger partial charge is 0.272 e. The first-order valence-electron chi connectivity index (χ1n) is 7.97. The zero-order chi connectivity index (χ0) is 15.1. The van der Waals surface area contributed by atoms with E-state index in [1.165, 1.54) is 19.3 Å². The Kier molecular flexibility index (Phi) is 5.99. The van der Waals surface area contributed by atoms with Gasteiger partial charge in [0.1, 0.15) is 5.69 Å². The molecular formula is C16H26N4O. The van der Waals surface area contributed by atoms with Crippen LogP contribution < -0.4 is 10.6 Å². The summed E-state index contributed by atoms with van der Waals surface area (Å²) in [6, 6.07) is 4.29. The lowest BCUT2D eigenvalue weighted by molar-refractivity contribution is 0.0767. The highest BCUT2D eigenvalue weighted by Gasteiger charge is 2.15. The number of anilines is 1. The van der Waals surface area contributed by atoms with E-state index in [0.717, 1.165) is 18.8 Å². The van der Waals surface area contributed by atoms with Crippen molar-refractivity contribution < 1.29 is 4.79 Å². The predicted molar refractivity (Wildman–Crippen MR) is 85.6 cm³/mol. The Morgan fingerprint density at radius 1 is 1.43 bits per heavy atom. The van der Waals surface area contributed by atoms with Gasteiger partial charge in [0.25, 0.3) is 5.91 Å². The van der Waals surface area contributed by atoms with E-state index in [9.17, 15) is 4.79 Å². The molecule has 1 aliphatic heterocycles. The molecule has 0 spiro atoms. The molecule has 1 unspecified atom stereocenters. The van der Waals surface area contributed by atoms with Gasteiger partial charge in [-0.15, -0.1) is 0 Å². The molecule has 2 heterocycles. The molecule has 5 heteroatoms. The van der Waals surface area contributed by atoms with Gasteiger partial charge in [0, 0.05) is 37.6 Å². The lowest BCUT2D eigenvalue weighted by Crippen LogP contribution is -2.39. The van der Waals surface area contributed by atoms with Crippen LogP contribution in [0.25, 0.3) is 0 Å². The molecule has 0 aliphatic carbocycles. The van der Waals surface area contributed by atoms with E-state index in [1.807, 2.05) is 26.0 Å². The molecule has 0 radical (unpaired) electrons. The zero-order valence-corrected chi connectivity index (χ0v) is 13.1. The third-order valence-corrected chi connectivity index (χ3v) is 3.99. The number of carbonyl (C=O) groups is 1. The normalized spacial score (nSPS) is 18.3. The highest BCUT2D eigenvalue weighted by Crippen LogP contribution is 2.12. The number of rotatable bonds is 6. The number of nitrogens with zero attached hydrogens (tertiary/aromatic N) is 2. The van der Waals surface area contributed by atoms with Crippen LogP contribution in [0.1, 0.15) is 43.6 Å². The second kappa shape index (κ2) is 7.98. The maximum absolute atomic E-state index is 12.3. The predicted octanol–water partition coefficient (Wildman–Crippen LogP) is 2.12. The fourth-order valence-corrected chi connectivity index (χ4v) is 2.67. The molecule has 1 aromatic heterocycles. The third-order valence-electron chi connectivity index (χ3n) is 3.99.